The van der Waals surface area contributed by atoms with Gasteiger partial charge in [0, 0.05) is 31.6 Å². The van der Waals surface area contributed by atoms with E-state index in [0.717, 1.165) is 0 Å². The minimum Gasteiger partial charge on any atom is -0.493 e. The lowest BCUT2D eigenvalue weighted by molar-refractivity contribution is -0.145. The van der Waals surface area contributed by atoms with Crippen LogP contribution < -0.4 is 9.47 Å². The first-order valence-corrected chi connectivity index (χ1v) is 8.87. The number of amides is 2. The molecule has 1 saturated heterocycles. The van der Waals surface area contributed by atoms with Gasteiger partial charge < -0.3 is 24.4 Å². The average Bonchev–Trinajstić information content (AvgIpc) is 2.90. The zero-order valence-corrected chi connectivity index (χ0v) is 15.9. The predicted molar refractivity (Wildman–Crippen MR) is 98.1 cm³/mol. The van der Waals surface area contributed by atoms with Crippen LogP contribution in [0.4, 0.5) is 0 Å². The summed E-state index contributed by atoms with van der Waals surface area (Å²) < 4.78 is 10.5. The largest absolute Gasteiger partial charge is 0.493 e. The molecule has 0 bridgehead atoms. The first-order valence-electron chi connectivity index (χ1n) is 8.87. The second-order valence-electron chi connectivity index (χ2n) is 6.49. The Morgan fingerprint density at radius 2 is 1.85 bits per heavy atom. The second kappa shape index (κ2) is 9.25. The molecule has 1 atom stereocenters. The summed E-state index contributed by atoms with van der Waals surface area (Å²) in [6.45, 7) is 2.08. The van der Waals surface area contributed by atoms with E-state index in [0.29, 0.717) is 49.4 Å². The van der Waals surface area contributed by atoms with E-state index in [4.69, 9.17) is 14.6 Å². The van der Waals surface area contributed by atoms with Gasteiger partial charge in [0.05, 0.1) is 14.2 Å². The van der Waals surface area contributed by atoms with Crippen molar-refractivity contribution in [2.45, 2.75) is 32.2 Å². The zero-order valence-electron chi connectivity index (χ0n) is 15.9. The fraction of sp³-hybridized carbons (Fsp3) is 0.526. The molecule has 1 heterocycles. The lowest BCUT2D eigenvalue weighted by atomic mass is 10.1. The Labute approximate surface area is 158 Å². The molecule has 8 heteroatoms. The molecule has 1 unspecified atom stereocenters. The number of carbonyl (C=O) groups excluding carboxylic acids is 2. The third-order valence-corrected chi connectivity index (χ3v) is 4.77. The van der Waals surface area contributed by atoms with Crippen molar-refractivity contribution in [1.29, 1.82) is 0 Å². The minimum absolute atomic E-state index is 0.121. The summed E-state index contributed by atoms with van der Waals surface area (Å²) in [5, 5.41) is 9.03. The summed E-state index contributed by atoms with van der Waals surface area (Å²) in [4.78, 5) is 38.8. The smallest absolute Gasteiger partial charge is 0.323 e. The molecule has 0 radical (unpaired) electrons. The van der Waals surface area contributed by atoms with Gasteiger partial charge in [-0.05, 0) is 37.5 Å². The number of carboxylic acid groups (broad SMARTS) is 1. The van der Waals surface area contributed by atoms with Crippen LogP contribution in [0.15, 0.2) is 18.2 Å². The normalized spacial score (nSPS) is 17.0. The third-order valence-electron chi connectivity index (χ3n) is 4.77. The highest BCUT2D eigenvalue weighted by molar-refractivity contribution is 5.95. The molecular formula is C19H26N2O6. The molecule has 0 aromatic heterocycles. The average molecular weight is 378 g/mol. The Morgan fingerprint density at radius 1 is 1.15 bits per heavy atom. The number of rotatable bonds is 6. The number of likely N-dealkylation sites (tertiary alicyclic amines) is 1. The molecule has 0 aliphatic carbocycles. The lowest BCUT2D eigenvalue weighted by Gasteiger charge is -2.28. The summed E-state index contributed by atoms with van der Waals surface area (Å²) in [7, 11) is 3.05. The zero-order chi connectivity index (χ0) is 20.0. The molecule has 0 spiro atoms. The Kier molecular flexibility index (Phi) is 7.04. The van der Waals surface area contributed by atoms with E-state index in [1.165, 1.54) is 26.0 Å². The van der Waals surface area contributed by atoms with Gasteiger partial charge in [-0.1, -0.05) is 0 Å². The number of aliphatic carboxylic acids is 1. The van der Waals surface area contributed by atoms with Gasteiger partial charge in [-0.15, -0.1) is 0 Å². The number of hydrogen-bond acceptors (Lipinski definition) is 5. The van der Waals surface area contributed by atoms with E-state index in [9.17, 15) is 14.4 Å². The van der Waals surface area contributed by atoms with Gasteiger partial charge in [0.2, 0.25) is 5.91 Å². The fourth-order valence-corrected chi connectivity index (χ4v) is 3.39. The van der Waals surface area contributed by atoms with Crippen LogP contribution in [0, 0.1) is 0 Å². The van der Waals surface area contributed by atoms with Crippen LogP contribution in [-0.4, -0.2) is 72.6 Å². The van der Waals surface area contributed by atoms with E-state index in [2.05, 4.69) is 0 Å². The van der Waals surface area contributed by atoms with Gasteiger partial charge >= 0.3 is 5.97 Å². The maximum atomic E-state index is 12.9. The van der Waals surface area contributed by atoms with Crippen LogP contribution in [0.2, 0.25) is 0 Å². The van der Waals surface area contributed by atoms with Crippen molar-refractivity contribution in [1.82, 2.24) is 9.80 Å². The van der Waals surface area contributed by atoms with Crippen LogP contribution >= 0.6 is 0 Å². The second-order valence-corrected chi connectivity index (χ2v) is 6.49. The van der Waals surface area contributed by atoms with Crippen molar-refractivity contribution in [3.05, 3.63) is 23.8 Å². The van der Waals surface area contributed by atoms with E-state index in [1.54, 1.807) is 23.1 Å². The van der Waals surface area contributed by atoms with Crippen LogP contribution in [0.3, 0.4) is 0 Å². The van der Waals surface area contributed by atoms with Gasteiger partial charge in [0.25, 0.3) is 5.91 Å². The van der Waals surface area contributed by atoms with Gasteiger partial charge in [-0.2, -0.15) is 0 Å². The Hall–Kier alpha value is -2.77. The Morgan fingerprint density at radius 3 is 2.44 bits per heavy atom. The summed E-state index contributed by atoms with van der Waals surface area (Å²) >= 11 is 0. The van der Waals surface area contributed by atoms with Crippen molar-refractivity contribution in [3.63, 3.8) is 0 Å². The molecule has 1 N–H and O–H groups in total. The molecule has 1 aliphatic heterocycles. The molecule has 0 saturated carbocycles. The van der Waals surface area contributed by atoms with Crippen molar-refractivity contribution in [2.24, 2.45) is 0 Å². The number of benzene rings is 1. The number of hydrogen-bond donors (Lipinski definition) is 1. The maximum absolute atomic E-state index is 12.9. The highest BCUT2D eigenvalue weighted by Gasteiger charge is 2.28. The number of carbonyl (C=O) groups is 3. The molecule has 1 fully saturated rings. The number of ether oxygens (including phenoxy) is 2. The highest BCUT2D eigenvalue weighted by atomic mass is 16.5. The number of methoxy groups -OCH3 is 2. The van der Waals surface area contributed by atoms with Crippen LogP contribution in [0.1, 0.15) is 36.5 Å². The monoisotopic (exact) mass is 378 g/mol. The Bertz CT molecular complexity index is 705. The fourth-order valence-electron chi connectivity index (χ4n) is 3.39. The SMILES string of the molecule is COc1ccc(C(=O)N2CCCC(N(CC(=O)O)C(C)=O)CC2)cc1OC. The van der Waals surface area contributed by atoms with Crippen molar-refractivity contribution >= 4 is 17.8 Å². The van der Waals surface area contributed by atoms with E-state index in [-0.39, 0.29) is 24.4 Å². The summed E-state index contributed by atoms with van der Waals surface area (Å²) in [5.74, 6) is -0.380. The van der Waals surface area contributed by atoms with Crippen LogP contribution in [0.25, 0.3) is 0 Å². The van der Waals surface area contributed by atoms with Gasteiger partial charge in [0.15, 0.2) is 11.5 Å². The standard InChI is InChI=1S/C19H26N2O6/c1-13(22)21(12-18(23)24)15-5-4-9-20(10-8-15)19(25)14-6-7-16(26-2)17(11-14)27-3/h6-7,11,15H,4-5,8-10,12H2,1-3H3,(H,23,24). The topological polar surface area (TPSA) is 96.4 Å². The highest BCUT2D eigenvalue weighted by Crippen LogP contribution is 2.28. The summed E-state index contributed by atoms with van der Waals surface area (Å²) in [5.41, 5.74) is 0.500. The molecule has 2 rings (SSSR count). The van der Waals surface area contributed by atoms with Crippen LogP contribution in [0.5, 0.6) is 11.5 Å². The summed E-state index contributed by atoms with van der Waals surface area (Å²) in [6.07, 6.45) is 1.92. The number of carboxylic acids is 1. The first-order chi connectivity index (χ1) is 12.9. The first kappa shape index (κ1) is 20.5. The molecule has 1 aromatic rings. The van der Waals surface area contributed by atoms with E-state index < -0.39 is 5.97 Å². The van der Waals surface area contributed by atoms with Gasteiger partial charge in [-0.3, -0.25) is 14.4 Å². The number of nitrogens with zero attached hydrogens (tertiary/aromatic N) is 2. The van der Waals surface area contributed by atoms with Crippen molar-refractivity contribution in [3.8, 4) is 11.5 Å². The van der Waals surface area contributed by atoms with Crippen molar-refractivity contribution < 1.29 is 29.0 Å². The maximum Gasteiger partial charge on any atom is 0.323 e. The molecule has 8 nitrogen and oxygen atoms in total. The third kappa shape index (κ3) is 5.12. The molecular weight excluding hydrogens is 352 g/mol. The predicted octanol–water partition coefficient (Wildman–Crippen LogP) is 1.63. The quantitative estimate of drug-likeness (QED) is 0.808. The molecule has 2 amide bonds. The van der Waals surface area contributed by atoms with Gasteiger partial charge in [0.1, 0.15) is 6.54 Å². The summed E-state index contributed by atoms with van der Waals surface area (Å²) in [6, 6.07) is 4.85. The van der Waals surface area contributed by atoms with E-state index in [1.807, 2.05) is 0 Å². The molecule has 148 valence electrons. The van der Waals surface area contributed by atoms with Gasteiger partial charge in [-0.25, -0.2) is 0 Å². The Balaban J connectivity index is 2.10. The van der Waals surface area contributed by atoms with Crippen molar-refractivity contribution in [2.75, 3.05) is 33.9 Å². The molecule has 27 heavy (non-hydrogen) atoms. The molecule has 1 aliphatic rings. The van der Waals surface area contributed by atoms with Crippen LogP contribution in [-0.2, 0) is 9.59 Å². The lowest BCUT2D eigenvalue weighted by Crippen LogP contribution is -2.43. The minimum atomic E-state index is -1.03. The van der Waals surface area contributed by atoms with E-state index >= 15 is 0 Å². The molecule has 1 aromatic carbocycles.